The summed E-state index contributed by atoms with van der Waals surface area (Å²) in [5, 5.41) is 8.31. The van der Waals surface area contributed by atoms with Crippen LogP contribution in [-0.4, -0.2) is 58.6 Å². The molecule has 0 bridgehead atoms. The fraction of sp³-hybridized carbons (Fsp3) is 0.583. The molecule has 0 spiro atoms. The Morgan fingerprint density at radius 1 is 1.00 bits per heavy atom. The minimum Gasteiger partial charge on any atom is -1.00 e. The van der Waals surface area contributed by atoms with E-state index < -0.39 is 37.6 Å². The Bertz CT molecular complexity index is 1110. The molecule has 0 aliphatic heterocycles. The minimum absolute atomic E-state index is 0. The first kappa shape index (κ1) is 33.6. The van der Waals surface area contributed by atoms with E-state index in [2.05, 4.69) is 27.1 Å². The van der Waals surface area contributed by atoms with Crippen molar-refractivity contribution in [2.45, 2.75) is 76.5 Å². The van der Waals surface area contributed by atoms with Crippen LogP contribution < -0.4 is 29.6 Å². The fourth-order valence-corrected chi connectivity index (χ4v) is 4.84. The number of rotatable bonds is 18. The summed E-state index contributed by atoms with van der Waals surface area (Å²) < 4.78 is 55.1. The van der Waals surface area contributed by atoms with Crippen molar-refractivity contribution in [3.8, 4) is 0 Å². The molecule has 3 aromatic rings. The first-order chi connectivity index (χ1) is 18.2. The quantitative estimate of drug-likeness (QED) is 0.129. The fourth-order valence-electron chi connectivity index (χ4n) is 4.51. The second-order valence-corrected chi connectivity index (χ2v) is 10.5. The van der Waals surface area contributed by atoms with Crippen molar-refractivity contribution in [1.29, 1.82) is 0 Å². The van der Waals surface area contributed by atoms with E-state index in [0.29, 0.717) is 6.42 Å². The molecule has 0 aliphatic rings. The summed E-state index contributed by atoms with van der Waals surface area (Å²) in [6.07, 6.45) is 11.6. The van der Waals surface area contributed by atoms with Crippen LogP contribution in [0, 0.1) is 11.6 Å². The molecule has 0 amide bonds. The van der Waals surface area contributed by atoms with E-state index in [0.717, 1.165) is 37.8 Å². The predicted octanol–water partition coefficient (Wildman–Crippen LogP) is 1.15. The smallest absolute Gasteiger partial charge is 1.00 e. The summed E-state index contributed by atoms with van der Waals surface area (Å²) in [5.41, 5.74) is -1.36. The molecule has 0 saturated carbocycles. The molecule has 1 unspecified atom stereocenters. The van der Waals surface area contributed by atoms with Gasteiger partial charge in [-0.2, -0.15) is 10.2 Å². The van der Waals surface area contributed by atoms with Crippen LogP contribution in [0.25, 0.3) is 0 Å². The Morgan fingerprint density at radius 3 is 2.10 bits per heavy atom. The van der Waals surface area contributed by atoms with Gasteiger partial charge >= 0.3 is 37.4 Å². The van der Waals surface area contributed by atoms with Crippen LogP contribution in [0.4, 0.5) is 8.78 Å². The molecule has 15 heteroatoms. The zero-order chi connectivity index (χ0) is 27.4. The number of ether oxygens (including phenoxy) is 1. The molecule has 11 nitrogen and oxygen atoms in total. The van der Waals surface area contributed by atoms with E-state index in [4.69, 9.17) is 9.26 Å². The molecule has 0 saturated heterocycles. The van der Waals surface area contributed by atoms with E-state index in [1.54, 1.807) is 0 Å². The number of phosphoric ester groups is 1. The Kier molecular flexibility index (Phi) is 14.3. The molecule has 212 valence electrons. The van der Waals surface area contributed by atoms with Crippen LogP contribution in [0.1, 0.15) is 58.9 Å². The van der Waals surface area contributed by atoms with Crippen LogP contribution >= 0.6 is 7.82 Å². The van der Waals surface area contributed by atoms with E-state index in [-0.39, 0.29) is 56.2 Å². The summed E-state index contributed by atoms with van der Waals surface area (Å²) in [7, 11) is -4.91. The Labute approximate surface area is 250 Å². The number of benzene rings is 1. The molecule has 0 radical (unpaired) electrons. The normalized spacial score (nSPS) is 12.8. The number of halogens is 2. The largest absolute Gasteiger partial charge is 1.00 e. The number of nitrogens with zero attached hydrogens (tertiary/aromatic N) is 6. The second kappa shape index (κ2) is 16.6. The van der Waals surface area contributed by atoms with E-state index >= 15 is 4.39 Å². The van der Waals surface area contributed by atoms with E-state index in [9.17, 15) is 18.7 Å². The van der Waals surface area contributed by atoms with Gasteiger partial charge in [0.2, 0.25) is 0 Å². The van der Waals surface area contributed by atoms with Crippen molar-refractivity contribution in [3.63, 3.8) is 0 Å². The summed E-state index contributed by atoms with van der Waals surface area (Å²) >= 11 is 0. The van der Waals surface area contributed by atoms with Gasteiger partial charge in [0.05, 0.1) is 31.2 Å². The molecule has 0 aliphatic carbocycles. The van der Waals surface area contributed by atoms with Crippen LogP contribution in [0.3, 0.4) is 0 Å². The zero-order valence-corrected chi connectivity index (χ0v) is 25.3. The first-order valence-corrected chi connectivity index (χ1v) is 14.2. The van der Waals surface area contributed by atoms with Crippen LogP contribution in [0.5, 0.6) is 0 Å². The average molecular weight is 581 g/mol. The SMILES string of the molecule is CCCCCCCCCOC(COP(=O)(O)O)C(Cn1cncn1)(Cn1cncn1)c1ccc(F)cc1F.[H-].[Na+]. The second-order valence-electron chi connectivity index (χ2n) is 9.23. The van der Waals surface area contributed by atoms with Gasteiger partial charge < -0.3 is 16.0 Å². The molecular weight excluding hydrogens is 544 g/mol. The van der Waals surface area contributed by atoms with Crippen molar-refractivity contribution >= 4 is 7.82 Å². The van der Waals surface area contributed by atoms with Gasteiger partial charge in [0.1, 0.15) is 36.9 Å². The third-order valence-corrected chi connectivity index (χ3v) is 6.85. The monoisotopic (exact) mass is 580 g/mol. The summed E-state index contributed by atoms with van der Waals surface area (Å²) in [5.74, 6) is -1.63. The maximum absolute atomic E-state index is 15.4. The molecule has 2 heterocycles. The Balaban J connectivity index is 0.00000400. The Hall–Kier alpha value is -1.57. The predicted molar refractivity (Wildman–Crippen MR) is 135 cm³/mol. The van der Waals surface area contributed by atoms with Gasteiger partial charge in [0.25, 0.3) is 0 Å². The number of hydrogen-bond donors (Lipinski definition) is 2. The molecule has 1 atom stereocenters. The molecule has 39 heavy (non-hydrogen) atoms. The van der Waals surface area contributed by atoms with E-state index in [1.165, 1.54) is 53.6 Å². The van der Waals surface area contributed by atoms with E-state index in [1.807, 2.05) is 0 Å². The maximum Gasteiger partial charge on any atom is 1.00 e. The van der Waals surface area contributed by atoms with Gasteiger partial charge in [-0.1, -0.05) is 51.5 Å². The summed E-state index contributed by atoms with van der Waals surface area (Å²) in [4.78, 5) is 26.9. The third-order valence-electron chi connectivity index (χ3n) is 6.37. The number of phosphoric acid groups is 1. The molecule has 2 aromatic heterocycles. The molecule has 3 rings (SSSR count). The van der Waals surface area contributed by atoms with Crippen LogP contribution in [0.2, 0.25) is 0 Å². The number of hydrogen-bond acceptors (Lipinski definition) is 7. The van der Waals surface area contributed by atoms with Crippen molar-refractivity contribution in [2.75, 3.05) is 13.2 Å². The van der Waals surface area contributed by atoms with Gasteiger partial charge in [-0.15, -0.1) is 0 Å². The average Bonchev–Trinajstić information content (AvgIpc) is 3.56. The van der Waals surface area contributed by atoms with Crippen LogP contribution in [-0.2, 0) is 32.3 Å². The first-order valence-electron chi connectivity index (χ1n) is 12.7. The topological polar surface area (TPSA) is 137 Å². The Morgan fingerprint density at radius 2 is 1.59 bits per heavy atom. The van der Waals surface area contributed by atoms with Gasteiger partial charge in [-0.3, -0.25) is 13.9 Å². The van der Waals surface area contributed by atoms with Crippen molar-refractivity contribution in [3.05, 3.63) is 60.7 Å². The van der Waals surface area contributed by atoms with Crippen molar-refractivity contribution in [2.24, 2.45) is 0 Å². The van der Waals surface area contributed by atoms with Crippen molar-refractivity contribution in [1.82, 2.24) is 29.5 Å². The molecule has 2 N–H and O–H groups in total. The van der Waals surface area contributed by atoms with Gasteiger partial charge in [-0.05, 0) is 12.5 Å². The van der Waals surface area contributed by atoms with Crippen molar-refractivity contribution < 1.29 is 63.4 Å². The number of aromatic nitrogens is 6. The zero-order valence-electron chi connectivity index (χ0n) is 23.4. The third kappa shape index (κ3) is 10.7. The number of unbranched alkanes of at least 4 members (excludes halogenated alkanes) is 6. The molecule has 1 aromatic carbocycles. The van der Waals surface area contributed by atoms with Crippen LogP contribution in [0.15, 0.2) is 43.5 Å². The summed E-state index contributed by atoms with van der Waals surface area (Å²) in [6.45, 7) is 1.75. The molecular formula is C24H36F2N6NaO5P. The maximum atomic E-state index is 15.4. The standard InChI is InChI=1S/C24H35F2N6O5P.Na.H/c1-2-3-4-5-6-7-8-11-36-23(13-37-38(33,34)35)24(14-31-18-27-16-29-31,15-32-19-28-17-30-32)21-10-9-20(25)12-22(21)26;;/h9-10,12,16-19,23H,2-8,11,13-15H2,1H3,(H2,33,34,35);;/q;+1;-1. The van der Waals surface area contributed by atoms with Gasteiger partial charge in [-0.25, -0.2) is 23.3 Å². The van der Waals surface area contributed by atoms with Gasteiger partial charge in [0, 0.05) is 18.2 Å². The minimum atomic E-state index is -4.91. The molecule has 0 fully saturated rings. The van der Waals surface area contributed by atoms with Gasteiger partial charge in [0.15, 0.2) is 0 Å². The summed E-state index contributed by atoms with van der Waals surface area (Å²) in [6, 6.07) is 3.16.